The minimum atomic E-state index is 0. The highest BCUT2D eigenvalue weighted by Crippen LogP contribution is 1.31. The van der Waals surface area contributed by atoms with Crippen molar-refractivity contribution in [2.45, 2.75) is 0 Å². The van der Waals surface area contributed by atoms with Crippen LogP contribution in [0.15, 0.2) is 0 Å². The van der Waals surface area contributed by atoms with Crippen LogP contribution in [0.5, 0.6) is 0 Å². The minimum Gasteiger partial charge on any atom is -0.344 e. The highest BCUT2D eigenvalue weighted by atomic mass is 35.5. The first-order valence-electron chi connectivity index (χ1n) is 0.169. The summed E-state index contributed by atoms with van der Waals surface area (Å²) >= 11 is 3.64. The molecule has 0 saturated carbocycles. The van der Waals surface area contributed by atoms with Gasteiger partial charge in [0.2, 0.25) is 0 Å². The quantitative estimate of drug-likeness (QED) is 0.400. The van der Waals surface area contributed by atoms with E-state index < -0.39 is 0 Å². The van der Waals surface area contributed by atoms with E-state index in [0.717, 1.165) is 0 Å². The molecule has 0 saturated heterocycles. The third-order valence-electron chi connectivity index (χ3n) is 0. The summed E-state index contributed by atoms with van der Waals surface area (Å²) < 4.78 is 6.47. The summed E-state index contributed by atoms with van der Waals surface area (Å²) in [6.07, 6.45) is 0. The molecule has 0 spiro atoms. The Kier molecular flexibility index (Phi) is 3950. The first-order chi connectivity index (χ1) is 1.00. The van der Waals surface area contributed by atoms with E-state index in [9.17, 15) is 0 Å². The van der Waals surface area contributed by atoms with Gasteiger partial charge in [0, 0.05) is 0 Å². The summed E-state index contributed by atoms with van der Waals surface area (Å²) in [7, 11) is 0. The average molecular weight is 86.5 g/mol. The van der Waals surface area contributed by atoms with E-state index in [1.165, 1.54) is 0 Å². The van der Waals surface area contributed by atoms with Crippen LogP contribution in [0, 0.1) is 0 Å². The second kappa shape index (κ2) is 517. The van der Waals surface area contributed by atoms with E-state index in [4.69, 9.17) is 4.66 Å². The zero-order valence-corrected chi connectivity index (χ0v) is 3.00. The average Bonchev–Trinajstić information content (AvgIpc) is 1.00. The van der Waals surface area contributed by atoms with Gasteiger partial charge in [-0.3, -0.25) is 4.66 Å². The van der Waals surface area contributed by atoms with Crippen molar-refractivity contribution in [1.82, 2.24) is 12.3 Å². The molecule has 0 amide bonds. The van der Waals surface area contributed by atoms with Crippen molar-refractivity contribution in [3.05, 3.63) is 0 Å². The molecule has 0 aliphatic heterocycles. The lowest BCUT2D eigenvalue weighted by Crippen LogP contribution is -0.913. The fraction of sp³-hybridized carbons (Fsp3) is 0. The molecule has 0 fully saturated rings. The first kappa shape index (κ1) is 30.6. The largest absolute Gasteiger partial charge is 0.344 e. The zero-order valence-electron chi connectivity index (χ0n) is 2.24. The van der Waals surface area contributed by atoms with Crippen LogP contribution in [0.3, 0.4) is 0 Å². The molecule has 0 radical (unpaired) electrons. The van der Waals surface area contributed by atoms with E-state index >= 15 is 0 Å². The van der Waals surface area contributed by atoms with Gasteiger partial charge in [0.15, 0.2) is 0 Å². The van der Waals surface area contributed by atoms with Crippen LogP contribution in [-0.2, 0) is 0 Å². The van der Waals surface area contributed by atoms with Gasteiger partial charge in [0.1, 0.15) is 0 Å². The molecule has 0 bridgehead atoms. The summed E-state index contributed by atoms with van der Waals surface area (Å²) in [5, 5.41) is 0. The molecule has 3 nitrogen and oxygen atoms in total. The van der Waals surface area contributed by atoms with Crippen molar-refractivity contribution < 1.29 is 4.66 Å². The molecule has 0 aromatic carbocycles. The number of halogens is 1. The Morgan fingerprint density at radius 2 is 1.00 bits per heavy atom. The molecule has 0 aliphatic rings. The van der Waals surface area contributed by atoms with E-state index in [1.54, 1.807) is 0 Å². The van der Waals surface area contributed by atoms with Gasteiger partial charge < -0.3 is 12.3 Å². The molecule has 4 heavy (non-hydrogen) atoms. The van der Waals surface area contributed by atoms with E-state index in [1.807, 2.05) is 0 Å². The summed E-state index contributed by atoms with van der Waals surface area (Å²) in [6.45, 7) is 0. The molecule has 4 heteroatoms. The fourth-order valence-corrected chi connectivity index (χ4v) is 0. The van der Waals surface area contributed by atoms with E-state index in [2.05, 4.69) is 11.9 Å². The van der Waals surface area contributed by atoms with Gasteiger partial charge in [-0.05, 0) is 0 Å². The Bertz CT molecular complexity index is 6.00. The number of hydrogen-bond donors (Lipinski definition) is 3. The maximum Gasteiger partial charge on any atom is 0.0579 e. The Balaban J connectivity index is -0.00000000500. The Hall–Kier alpha value is 0.170. The third kappa shape index (κ3) is 103. The molecule has 0 rings (SSSR count). The van der Waals surface area contributed by atoms with Gasteiger partial charge in [-0.15, -0.1) is 0 Å². The molecule has 0 aliphatic carbocycles. The van der Waals surface area contributed by atoms with Gasteiger partial charge in [-0.25, -0.2) is 0 Å². The van der Waals surface area contributed by atoms with E-state index in [-0.39, 0.29) is 12.3 Å². The molecule has 30 valence electrons. The number of rotatable bonds is 0. The molecule has 0 atom stereocenters. The normalized spacial score (nSPS) is 1.50. The maximum atomic E-state index is 6.47. The summed E-state index contributed by atoms with van der Waals surface area (Å²) in [4.78, 5) is 0. The summed E-state index contributed by atoms with van der Waals surface area (Å²) in [6, 6.07) is 0. The van der Waals surface area contributed by atoms with Crippen molar-refractivity contribution in [3.63, 3.8) is 0 Å². The Morgan fingerprint density at radius 3 is 1.00 bits per heavy atom. The number of hydrogen-bond acceptors (Lipinski definition) is 3. The standard InChI is InChI=1S/ClHO.2H3N/c1-2;;/h2H;2*1H3. The minimum absolute atomic E-state index is 0. The summed E-state index contributed by atoms with van der Waals surface area (Å²) in [5.41, 5.74) is 0. The van der Waals surface area contributed by atoms with Crippen molar-refractivity contribution >= 4 is 11.9 Å². The van der Waals surface area contributed by atoms with Crippen LogP contribution >= 0.6 is 11.9 Å². The van der Waals surface area contributed by atoms with Crippen LogP contribution in [0.4, 0.5) is 0 Å². The van der Waals surface area contributed by atoms with Gasteiger partial charge in [-0.2, -0.15) is 0 Å². The summed E-state index contributed by atoms with van der Waals surface area (Å²) in [5.74, 6) is 0. The lowest BCUT2D eigenvalue weighted by molar-refractivity contribution is 0.632. The van der Waals surface area contributed by atoms with Crippen molar-refractivity contribution in [2.24, 2.45) is 0 Å². The van der Waals surface area contributed by atoms with Gasteiger partial charge in [0.25, 0.3) is 0 Å². The lowest BCUT2D eigenvalue weighted by Gasteiger charge is -1.13. The molecule has 7 N–H and O–H groups in total. The third-order valence-corrected chi connectivity index (χ3v) is 0. The molecular formula is H7ClN2O. The van der Waals surface area contributed by atoms with Crippen LogP contribution in [0.1, 0.15) is 0 Å². The molecular weight excluding hydrogens is 79.5 g/mol. The topological polar surface area (TPSA) is 90.2 Å². The zero-order chi connectivity index (χ0) is 2.00. The van der Waals surface area contributed by atoms with Gasteiger partial charge >= 0.3 is 0 Å². The van der Waals surface area contributed by atoms with Crippen LogP contribution in [-0.4, -0.2) is 4.66 Å². The second-order valence-corrected chi connectivity index (χ2v) is 0. The van der Waals surface area contributed by atoms with Crippen molar-refractivity contribution in [1.29, 1.82) is 0 Å². The highest BCUT2D eigenvalue weighted by molar-refractivity contribution is 6.04. The molecule has 0 aromatic rings. The Morgan fingerprint density at radius 1 is 1.00 bits per heavy atom. The predicted octanol–water partition coefficient (Wildman–Crippen LogP) is 0.456. The van der Waals surface area contributed by atoms with Crippen molar-refractivity contribution in [3.8, 4) is 0 Å². The SMILES string of the molecule is N.N.OCl. The van der Waals surface area contributed by atoms with Crippen molar-refractivity contribution in [2.75, 3.05) is 0 Å². The monoisotopic (exact) mass is 86.0 g/mol. The fourth-order valence-electron chi connectivity index (χ4n) is 0. The van der Waals surface area contributed by atoms with Crippen LogP contribution < -0.4 is 12.3 Å². The lowest BCUT2D eigenvalue weighted by atomic mass is 14.0. The predicted molar refractivity (Wildman–Crippen MR) is 18.1 cm³/mol. The van der Waals surface area contributed by atoms with Gasteiger partial charge in [0.05, 0.1) is 11.9 Å². The second-order valence-electron chi connectivity index (χ2n) is 0. The van der Waals surface area contributed by atoms with E-state index in [0.29, 0.717) is 0 Å². The van der Waals surface area contributed by atoms with Crippen LogP contribution in [0.2, 0.25) is 0 Å². The van der Waals surface area contributed by atoms with Crippen LogP contribution in [0.25, 0.3) is 0 Å². The molecule has 0 aromatic heterocycles. The molecule has 0 heterocycles. The van der Waals surface area contributed by atoms with Gasteiger partial charge in [-0.1, -0.05) is 0 Å². The maximum absolute atomic E-state index is 6.47. The first-order valence-corrected chi connectivity index (χ1v) is 0.507. The smallest absolute Gasteiger partial charge is 0.0579 e. The molecule has 0 unspecified atom stereocenters. The highest BCUT2D eigenvalue weighted by Gasteiger charge is 0.897. The Labute approximate surface area is 29.9 Å².